The van der Waals surface area contributed by atoms with Crippen molar-refractivity contribution in [3.63, 3.8) is 0 Å². The summed E-state index contributed by atoms with van der Waals surface area (Å²) in [6, 6.07) is 3.96. The van der Waals surface area contributed by atoms with Crippen molar-refractivity contribution in [1.29, 1.82) is 0 Å². The maximum Gasteiger partial charge on any atom is 0.248 e. The summed E-state index contributed by atoms with van der Waals surface area (Å²) < 4.78 is 31.1. The van der Waals surface area contributed by atoms with Gasteiger partial charge in [0.05, 0.1) is 0 Å². The summed E-state index contributed by atoms with van der Waals surface area (Å²) >= 11 is 1.63. The fraction of sp³-hybridized carbons (Fsp3) is 0.417. The highest BCUT2D eigenvalue weighted by atomic mass is 32.2. The first-order valence-electron chi connectivity index (χ1n) is 5.84. The Morgan fingerprint density at radius 1 is 1.42 bits per heavy atom. The number of aryl methyl sites for hydroxylation is 2. The molecule has 19 heavy (non-hydrogen) atoms. The highest BCUT2D eigenvalue weighted by Crippen LogP contribution is 2.22. The molecule has 0 N–H and O–H groups in total. The van der Waals surface area contributed by atoms with Crippen molar-refractivity contribution in [2.45, 2.75) is 25.2 Å². The highest BCUT2D eigenvalue weighted by molar-refractivity contribution is 7.89. The van der Waals surface area contributed by atoms with Gasteiger partial charge in [-0.3, -0.25) is 0 Å². The lowest BCUT2D eigenvalue weighted by atomic mass is 10.3. The highest BCUT2D eigenvalue weighted by Gasteiger charge is 2.28. The maximum atomic E-state index is 12.4. The van der Waals surface area contributed by atoms with E-state index < -0.39 is 10.0 Å². The van der Waals surface area contributed by atoms with E-state index in [1.807, 2.05) is 17.5 Å². The molecule has 0 amide bonds. The summed E-state index contributed by atoms with van der Waals surface area (Å²) in [5.74, 6) is 0.334. The molecule has 0 unspecified atom stereocenters. The van der Waals surface area contributed by atoms with Gasteiger partial charge in [0.15, 0.2) is 5.76 Å². The van der Waals surface area contributed by atoms with Crippen LogP contribution in [0.5, 0.6) is 0 Å². The van der Waals surface area contributed by atoms with Crippen molar-refractivity contribution in [3.8, 4) is 0 Å². The molecule has 0 aliphatic heterocycles. The quantitative estimate of drug-likeness (QED) is 0.849. The number of hydrogen-bond donors (Lipinski definition) is 0. The Balaban J connectivity index is 2.16. The lowest BCUT2D eigenvalue weighted by molar-refractivity contribution is 0.390. The zero-order chi connectivity index (χ0) is 14.0. The van der Waals surface area contributed by atoms with E-state index in [0.29, 0.717) is 24.4 Å². The minimum absolute atomic E-state index is 0.182. The molecule has 0 fully saturated rings. The zero-order valence-electron chi connectivity index (χ0n) is 11.1. The molecule has 2 aromatic heterocycles. The average molecular weight is 300 g/mol. The molecule has 2 rings (SSSR count). The lowest BCUT2D eigenvalue weighted by Crippen LogP contribution is -2.29. The van der Waals surface area contributed by atoms with Gasteiger partial charge in [-0.25, -0.2) is 12.7 Å². The Hall–Kier alpha value is -1.18. The fourth-order valence-electron chi connectivity index (χ4n) is 1.84. The molecule has 0 aliphatic carbocycles. The number of hydrogen-bond acceptors (Lipinski definition) is 5. The summed E-state index contributed by atoms with van der Waals surface area (Å²) in [6.07, 6.45) is 0.705. The molecule has 0 aliphatic rings. The third-order valence-electron chi connectivity index (χ3n) is 2.89. The monoisotopic (exact) mass is 300 g/mol. The molecular weight excluding hydrogens is 284 g/mol. The largest absolute Gasteiger partial charge is 0.360 e. The number of rotatable bonds is 5. The van der Waals surface area contributed by atoms with Gasteiger partial charge in [0.2, 0.25) is 10.0 Å². The summed E-state index contributed by atoms with van der Waals surface area (Å²) in [5, 5.41) is 5.68. The van der Waals surface area contributed by atoms with E-state index in [1.165, 1.54) is 9.18 Å². The standard InChI is InChI=1S/C12H16N2O3S2/c1-9-12(10(2)17-13-9)19(15,16)14(3)7-6-11-5-4-8-18-11/h4-5,8H,6-7H2,1-3H3. The maximum absolute atomic E-state index is 12.4. The Kier molecular flexibility index (Phi) is 4.07. The molecule has 2 aromatic rings. The first-order chi connectivity index (χ1) is 8.93. The third-order valence-corrected chi connectivity index (χ3v) is 5.93. The van der Waals surface area contributed by atoms with E-state index >= 15 is 0 Å². The second-order valence-electron chi connectivity index (χ2n) is 4.31. The molecule has 0 saturated heterocycles. The van der Waals surface area contributed by atoms with E-state index in [4.69, 9.17) is 4.52 Å². The van der Waals surface area contributed by atoms with Crippen molar-refractivity contribution in [2.24, 2.45) is 0 Å². The predicted octanol–water partition coefficient (Wildman–Crippen LogP) is 2.22. The molecule has 0 radical (unpaired) electrons. The Bertz CT molecular complexity index is 625. The van der Waals surface area contributed by atoms with Crippen LogP contribution in [0.4, 0.5) is 0 Å². The molecule has 0 aromatic carbocycles. The van der Waals surface area contributed by atoms with Crippen LogP contribution in [-0.4, -0.2) is 31.5 Å². The van der Waals surface area contributed by atoms with Gasteiger partial charge in [-0.15, -0.1) is 11.3 Å². The van der Waals surface area contributed by atoms with Crippen LogP contribution in [0.1, 0.15) is 16.3 Å². The second kappa shape index (κ2) is 5.44. The van der Waals surface area contributed by atoms with Gasteiger partial charge in [0.1, 0.15) is 10.6 Å². The predicted molar refractivity (Wildman–Crippen MR) is 73.8 cm³/mol. The first kappa shape index (κ1) is 14.2. The van der Waals surface area contributed by atoms with Crippen LogP contribution in [0.25, 0.3) is 0 Å². The van der Waals surface area contributed by atoms with Gasteiger partial charge in [0.25, 0.3) is 0 Å². The molecule has 7 heteroatoms. The summed E-state index contributed by atoms with van der Waals surface area (Å²) in [7, 11) is -1.95. The zero-order valence-corrected chi connectivity index (χ0v) is 12.7. The summed E-state index contributed by atoms with van der Waals surface area (Å²) in [5.41, 5.74) is 0.403. The summed E-state index contributed by atoms with van der Waals surface area (Å²) in [6.45, 7) is 3.68. The van der Waals surface area contributed by atoms with E-state index in [-0.39, 0.29) is 4.90 Å². The van der Waals surface area contributed by atoms with Gasteiger partial charge in [-0.05, 0) is 31.7 Å². The minimum atomic E-state index is -3.53. The second-order valence-corrected chi connectivity index (χ2v) is 7.32. The molecule has 0 bridgehead atoms. The van der Waals surface area contributed by atoms with Crippen molar-refractivity contribution in [3.05, 3.63) is 33.8 Å². The van der Waals surface area contributed by atoms with Crippen LogP contribution in [-0.2, 0) is 16.4 Å². The van der Waals surface area contributed by atoms with Gasteiger partial charge in [-0.2, -0.15) is 0 Å². The number of sulfonamides is 1. The van der Waals surface area contributed by atoms with E-state index in [9.17, 15) is 8.42 Å². The lowest BCUT2D eigenvalue weighted by Gasteiger charge is -2.16. The van der Waals surface area contributed by atoms with Crippen LogP contribution in [0.3, 0.4) is 0 Å². The number of nitrogens with zero attached hydrogens (tertiary/aromatic N) is 2. The van der Waals surface area contributed by atoms with Gasteiger partial charge in [-0.1, -0.05) is 11.2 Å². The van der Waals surface area contributed by atoms with Gasteiger partial charge < -0.3 is 4.52 Å². The van der Waals surface area contributed by atoms with Crippen molar-refractivity contribution in [1.82, 2.24) is 9.46 Å². The normalized spacial score (nSPS) is 12.2. The smallest absolute Gasteiger partial charge is 0.248 e. The molecule has 5 nitrogen and oxygen atoms in total. The number of aromatic nitrogens is 1. The van der Waals surface area contributed by atoms with Gasteiger partial charge in [0, 0.05) is 18.5 Å². The van der Waals surface area contributed by atoms with Crippen molar-refractivity contribution < 1.29 is 12.9 Å². The third kappa shape index (κ3) is 2.88. The average Bonchev–Trinajstić information content (AvgIpc) is 2.96. The van der Waals surface area contributed by atoms with Crippen LogP contribution in [0.2, 0.25) is 0 Å². The van der Waals surface area contributed by atoms with Crippen LogP contribution < -0.4 is 0 Å². The molecule has 0 atom stereocenters. The molecule has 2 heterocycles. The van der Waals surface area contributed by atoms with E-state index in [1.54, 1.807) is 32.2 Å². The van der Waals surface area contributed by atoms with Crippen LogP contribution >= 0.6 is 11.3 Å². The Labute approximate surface area is 116 Å². The van der Waals surface area contributed by atoms with Crippen LogP contribution in [0.15, 0.2) is 26.9 Å². The minimum Gasteiger partial charge on any atom is -0.360 e. The fourth-order valence-corrected chi connectivity index (χ4v) is 3.99. The molecule has 104 valence electrons. The Morgan fingerprint density at radius 2 is 2.16 bits per heavy atom. The van der Waals surface area contributed by atoms with E-state index in [0.717, 1.165) is 0 Å². The SMILES string of the molecule is Cc1noc(C)c1S(=O)(=O)N(C)CCc1cccs1. The molecule has 0 spiro atoms. The van der Waals surface area contributed by atoms with Crippen molar-refractivity contribution >= 4 is 21.4 Å². The first-order valence-corrected chi connectivity index (χ1v) is 8.16. The summed E-state index contributed by atoms with van der Waals surface area (Å²) in [4.78, 5) is 1.35. The van der Waals surface area contributed by atoms with Gasteiger partial charge >= 0.3 is 0 Å². The van der Waals surface area contributed by atoms with Crippen LogP contribution in [0, 0.1) is 13.8 Å². The van der Waals surface area contributed by atoms with Crippen molar-refractivity contribution in [2.75, 3.05) is 13.6 Å². The number of likely N-dealkylation sites (N-methyl/N-ethyl adjacent to an activating group) is 1. The number of thiophene rings is 1. The molecular formula is C12H16N2O3S2. The molecule has 0 saturated carbocycles. The topological polar surface area (TPSA) is 63.4 Å². The van der Waals surface area contributed by atoms with E-state index in [2.05, 4.69) is 5.16 Å². The Morgan fingerprint density at radius 3 is 2.68 bits per heavy atom.